The minimum absolute atomic E-state index is 0.0303. The van der Waals surface area contributed by atoms with Crippen LogP contribution in [0, 0.1) is 0 Å². The summed E-state index contributed by atoms with van der Waals surface area (Å²) >= 11 is 0. The number of ether oxygens (including phenoxy) is 1. The molecule has 2 N–H and O–H groups in total. The number of carbonyl (C=O) groups excluding carboxylic acids is 2. The van der Waals surface area contributed by atoms with Crippen molar-refractivity contribution in [2.45, 2.75) is 58.0 Å². The number of carboxylic acid groups (broad SMARTS) is 1. The van der Waals surface area contributed by atoms with Crippen LogP contribution in [-0.2, 0) is 14.3 Å². The van der Waals surface area contributed by atoms with Gasteiger partial charge in [0.1, 0.15) is 6.61 Å². The van der Waals surface area contributed by atoms with E-state index in [2.05, 4.69) is 29.6 Å². The summed E-state index contributed by atoms with van der Waals surface area (Å²) in [6, 6.07) is 15.5. The Balaban J connectivity index is 1.59. The van der Waals surface area contributed by atoms with Gasteiger partial charge in [0.25, 0.3) is 0 Å². The number of alkyl carbamates (subject to hydrolysis) is 1. The van der Waals surface area contributed by atoms with Crippen molar-refractivity contribution in [1.82, 2.24) is 10.2 Å². The van der Waals surface area contributed by atoms with E-state index >= 15 is 0 Å². The second kappa shape index (κ2) is 11.0. The number of nitrogens with zero attached hydrogens (tertiary/aromatic N) is 1. The number of fused-ring (bicyclic) bond motifs is 3. The SMILES string of the molecule is CCC(CC(=O)N(CC)C(C)CC(=O)O)NC(=O)OCC1c2ccccc2-c2ccccc21. The first kappa shape index (κ1) is 24.3. The molecule has 0 heterocycles. The third-order valence-electron chi connectivity index (χ3n) is 6.24. The average Bonchev–Trinajstić information content (AvgIpc) is 3.11. The molecule has 2 amide bonds. The molecule has 0 spiro atoms. The Labute approximate surface area is 194 Å². The van der Waals surface area contributed by atoms with Crippen LogP contribution in [0.25, 0.3) is 11.1 Å². The second-order valence-corrected chi connectivity index (χ2v) is 8.41. The van der Waals surface area contributed by atoms with E-state index in [0.717, 1.165) is 22.3 Å². The first-order chi connectivity index (χ1) is 15.8. The van der Waals surface area contributed by atoms with Crippen LogP contribution >= 0.6 is 0 Å². The molecule has 0 saturated carbocycles. The molecule has 3 rings (SSSR count). The van der Waals surface area contributed by atoms with Crippen LogP contribution in [0.2, 0.25) is 0 Å². The summed E-state index contributed by atoms with van der Waals surface area (Å²) in [7, 11) is 0. The molecule has 0 aliphatic heterocycles. The topological polar surface area (TPSA) is 95.9 Å². The molecule has 0 radical (unpaired) electrons. The predicted molar refractivity (Wildman–Crippen MR) is 126 cm³/mol. The lowest BCUT2D eigenvalue weighted by Gasteiger charge is -2.29. The highest BCUT2D eigenvalue weighted by Crippen LogP contribution is 2.44. The quantitative estimate of drug-likeness (QED) is 0.557. The van der Waals surface area contributed by atoms with E-state index in [1.165, 1.54) is 4.90 Å². The number of benzene rings is 2. The van der Waals surface area contributed by atoms with Gasteiger partial charge in [-0.3, -0.25) is 9.59 Å². The van der Waals surface area contributed by atoms with Crippen LogP contribution < -0.4 is 5.32 Å². The van der Waals surface area contributed by atoms with E-state index in [0.29, 0.717) is 13.0 Å². The van der Waals surface area contributed by atoms with E-state index < -0.39 is 18.1 Å². The van der Waals surface area contributed by atoms with Crippen LogP contribution in [-0.4, -0.2) is 53.2 Å². The number of rotatable bonds is 10. The summed E-state index contributed by atoms with van der Waals surface area (Å²) in [6.45, 7) is 6.04. The van der Waals surface area contributed by atoms with E-state index in [4.69, 9.17) is 9.84 Å². The normalized spacial score (nSPS) is 14.0. The fourth-order valence-corrected chi connectivity index (χ4v) is 4.53. The van der Waals surface area contributed by atoms with Gasteiger partial charge in [-0.25, -0.2) is 4.79 Å². The number of hydrogen-bond acceptors (Lipinski definition) is 4. The van der Waals surface area contributed by atoms with Gasteiger partial charge in [0.15, 0.2) is 0 Å². The molecular formula is C26H32N2O5. The summed E-state index contributed by atoms with van der Waals surface area (Å²) in [4.78, 5) is 37.8. The van der Waals surface area contributed by atoms with Crippen molar-refractivity contribution in [3.63, 3.8) is 0 Å². The highest BCUT2D eigenvalue weighted by atomic mass is 16.5. The van der Waals surface area contributed by atoms with Crippen LogP contribution in [0.1, 0.15) is 57.1 Å². The molecule has 7 nitrogen and oxygen atoms in total. The maximum atomic E-state index is 12.7. The molecule has 33 heavy (non-hydrogen) atoms. The van der Waals surface area contributed by atoms with Crippen molar-refractivity contribution in [3.8, 4) is 11.1 Å². The highest BCUT2D eigenvalue weighted by Gasteiger charge is 2.29. The standard InChI is InChI=1S/C26H32N2O5/c1-4-18(15-24(29)28(5-2)17(3)14-25(30)31)27-26(32)33-16-23-21-12-8-6-10-19(21)20-11-7-9-13-22(20)23/h6-13,17-18,23H,4-5,14-16H2,1-3H3,(H,27,32)(H,30,31). The molecule has 0 saturated heterocycles. The van der Waals surface area contributed by atoms with E-state index in [1.54, 1.807) is 6.92 Å². The fourth-order valence-electron chi connectivity index (χ4n) is 4.53. The third-order valence-corrected chi connectivity index (χ3v) is 6.24. The molecule has 0 bridgehead atoms. The Hall–Kier alpha value is -3.35. The number of carboxylic acids is 1. The minimum atomic E-state index is -0.947. The molecule has 0 aromatic heterocycles. The highest BCUT2D eigenvalue weighted by molar-refractivity contribution is 5.80. The Bertz CT molecular complexity index is 960. The maximum absolute atomic E-state index is 12.7. The summed E-state index contributed by atoms with van der Waals surface area (Å²) in [5, 5.41) is 11.8. The van der Waals surface area contributed by atoms with Crippen LogP contribution in [0.3, 0.4) is 0 Å². The predicted octanol–water partition coefficient (Wildman–Crippen LogP) is 4.41. The average molecular weight is 453 g/mol. The molecule has 2 atom stereocenters. The van der Waals surface area contributed by atoms with Gasteiger partial charge in [0.05, 0.1) is 6.42 Å². The monoisotopic (exact) mass is 452 g/mol. The number of nitrogens with one attached hydrogen (secondary N) is 1. The number of aliphatic carboxylic acids is 1. The van der Waals surface area contributed by atoms with Gasteiger partial charge >= 0.3 is 12.1 Å². The van der Waals surface area contributed by atoms with Crippen molar-refractivity contribution < 1.29 is 24.2 Å². The smallest absolute Gasteiger partial charge is 0.407 e. The molecule has 1 aliphatic carbocycles. The number of amides is 2. The molecular weight excluding hydrogens is 420 g/mol. The minimum Gasteiger partial charge on any atom is -0.481 e. The second-order valence-electron chi connectivity index (χ2n) is 8.41. The van der Waals surface area contributed by atoms with Crippen LogP contribution in [0.5, 0.6) is 0 Å². The van der Waals surface area contributed by atoms with E-state index in [9.17, 15) is 14.4 Å². The van der Waals surface area contributed by atoms with Gasteiger partial charge in [-0.2, -0.15) is 0 Å². The van der Waals surface area contributed by atoms with Crippen LogP contribution in [0.15, 0.2) is 48.5 Å². The molecule has 2 aromatic carbocycles. The zero-order valence-corrected chi connectivity index (χ0v) is 19.4. The number of hydrogen-bond donors (Lipinski definition) is 2. The van der Waals surface area contributed by atoms with Crippen molar-refractivity contribution in [3.05, 3.63) is 59.7 Å². The van der Waals surface area contributed by atoms with Crippen molar-refractivity contribution in [1.29, 1.82) is 0 Å². The molecule has 176 valence electrons. The van der Waals surface area contributed by atoms with E-state index in [-0.39, 0.29) is 37.3 Å². The lowest BCUT2D eigenvalue weighted by atomic mass is 9.98. The fraction of sp³-hybridized carbons (Fsp3) is 0.423. The summed E-state index contributed by atoms with van der Waals surface area (Å²) < 4.78 is 5.59. The van der Waals surface area contributed by atoms with Crippen LogP contribution in [0.4, 0.5) is 4.79 Å². The Morgan fingerprint density at radius 2 is 1.58 bits per heavy atom. The van der Waals surface area contributed by atoms with Gasteiger partial charge in [0.2, 0.25) is 5.91 Å². The van der Waals surface area contributed by atoms with E-state index in [1.807, 2.05) is 38.1 Å². The molecule has 7 heteroatoms. The van der Waals surface area contributed by atoms with Gasteiger partial charge in [-0.1, -0.05) is 55.5 Å². The van der Waals surface area contributed by atoms with Crippen molar-refractivity contribution in [2.24, 2.45) is 0 Å². The number of carbonyl (C=O) groups is 3. The summed E-state index contributed by atoms with van der Waals surface area (Å²) in [6.07, 6.45) is -0.0201. The van der Waals surface area contributed by atoms with Gasteiger partial charge in [0, 0.05) is 31.0 Å². The lowest BCUT2D eigenvalue weighted by Crippen LogP contribution is -2.44. The first-order valence-corrected chi connectivity index (χ1v) is 11.5. The Morgan fingerprint density at radius 3 is 2.09 bits per heavy atom. The lowest BCUT2D eigenvalue weighted by molar-refractivity contribution is -0.140. The molecule has 2 aromatic rings. The summed E-state index contributed by atoms with van der Waals surface area (Å²) in [5.41, 5.74) is 4.60. The maximum Gasteiger partial charge on any atom is 0.407 e. The van der Waals surface area contributed by atoms with Gasteiger partial charge < -0.3 is 20.1 Å². The van der Waals surface area contributed by atoms with Gasteiger partial charge in [-0.15, -0.1) is 0 Å². The van der Waals surface area contributed by atoms with Crippen molar-refractivity contribution >= 4 is 18.0 Å². The third kappa shape index (κ3) is 5.72. The first-order valence-electron chi connectivity index (χ1n) is 11.5. The zero-order valence-electron chi connectivity index (χ0n) is 19.4. The molecule has 2 unspecified atom stereocenters. The van der Waals surface area contributed by atoms with Crippen molar-refractivity contribution in [2.75, 3.05) is 13.2 Å². The molecule has 1 aliphatic rings. The van der Waals surface area contributed by atoms with Gasteiger partial charge in [-0.05, 0) is 42.5 Å². The summed E-state index contributed by atoms with van der Waals surface area (Å²) in [5.74, 6) is -1.16. The largest absolute Gasteiger partial charge is 0.481 e. The zero-order chi connectivity index (χ0) is 24.0. The Morgan fingerprint density at radius 1 is 1.00 bits per heavy atom. The Kier molecular flexibility index (Phi) is 8.09. The molecule has 0 fully saturated rings.